The van der Waals surface area contributed by atoms with Gasteiger partial charge in [-0.05, 0) is 73.9 Å². The molecule has 0 bridgehead atoms. The number of fused-ring (bicyclic) bond motifs is 2. The quantitative estimate of drug-likeness (QED) is 0.288. The van der Waals surface area contributed by atoms with Crippen LogP contribution in [0.1, 0.15) is 24.8 Å². The summed E-state index contributed by atoms with van der Waals surface area (Å²) in [5.41, 5.74) is -0.359. The molecule has 1 saturated carbocycles. The van der Waals surface area contributed by atoms with Gasteiger partial charge in [0.15, 0.2) is 11.5 Å². The highest BCUT2D eigenvalue weighted by atomic mass is 32.2. The van der Waals surface area contributed by atoms with Crippen LogP contribution in [0.4, 0.5) is 37.7 Å². The average molecular weight is 588 g/mol. The van der Waals surface area contributed by atoms with Gasteiger partial charge < -0.3 is 19.5 Å². The van der Waals surface area contributed by atoms with Gasteiger partial charge in [-0.3, -0.25) is 0 Å². The van der Waals surface area contributed by atoms with Gasteiger partial charge in [0, 0.05) is 6.04 Å². The van der Waals surface area contributed by atoms with Crippen molar-refractivity contribution in [1.29, 1.82) is 4.78 Å². The van der Waals surface area contributed by atoms with Crippen LogP contribution in [0.25, 0.3) is 0 Å². The molecule has 3 aromatic rings. The van der Waals surface area contributed by atoms with E-state index in [0.29, 0.717) is 30.7 Å². The topological polar surface area (TPSA) is 94.9 Å². The number of hydrogen-bond donors (Lipinski definition) is 3. The molecule has 4 atom stereocenters. The molecule has 4 unspecified atom stereocenters. The number of nitrogens with one attached hydrogen (secondary N) is 2. The van der Waals surface area contributed by atoms with E-state index in [0.717, 1.165) is 36.4 Å². The second kappa shape index (κ2) is 10.2. The van der Waals surface area contributed by atoms with E-state index in [1.165, 1.54) is 6.07 Å². The SMILES string of the molecule is N=S(=O)(NC1CCCC(N2c3ccccc3Oc3ccc(C(F)(F)F)cc32)C1O)c1ccc(OC(F)(F)F)cc1. The third kappa shape index (κ3) is 5.69. The normalized spacial score (nSPS) is 22.5. The number of benzene rings is 3. The molecule has 7 nitrogen and oxygen atoms in total. The van der Waals surface area contributed by atoms with Crippen molar-refractivity contribution in [3.05, 3.63) is 72.3 Å². The third-order valence-electron chi connectivity index (χ3n) is 6.75. The fraction of sp³-hybridized carbons (Fsp3) is 0.308. The van der Waals surface area contributed by atoms with Gasteiger partial charge in [0.05, 0.1) is 34.0 Å². The van der Waals surface area contributed by atoms with E-state index in [-0.39, 0.29) is 16.3 Å². The van der Waals surface area contributed by atoms with E-state index in [1.54, 1.807) is 29.2 Å². The average Bonchev–Trinajstić information content (AvgIpc) is 2.87. The maximum absolute atomic E-state index is 13.6. The van der Waals surface area contributed by atoms with Crippen LogP contribution in [0.2, 0.25) is 0 Å². The summed E-state index contributed by atoms with van der Waals surface area (Å²) in [5.74, 6) is -0.00554. The van der Waals surface area contributed by atoms with Crippen LogP contribution < -0.4 is 19.1 Å². The number of hydrogen-bond acceptors (Lipinski definition) is 6. The Kier molecular flexibility index (Phi) is 7.13. The Morgan fingerprint density at radius 2 is 1.62 bits per heavy atom. The van der Waals surface area contributed by atoms with E-state index < -0.39 is 52.0 Å². The van der Waals surface area contributed by atoms with E-state index in [1.807, 2.05) is 0 Å². The number of alkyl halides is 6. The van der Waals surface area contributed by atoms with Gasteiger partial charge >= 0.3 is 12.5 Å². The van der Waals surface area contributed by atoms with Crippen molar-refractivity contribution < 1.29 is 45.1 Å². The Balaban J connectivity index is 1.44. The summed E-state index contributed by atoms with van der Waals surface area (Å²) < 4.78 is 112. The lowest BCUT2D eigenvalue weighted by Gasteiger charge is -2.45. The second-order valence-corrected chi connectivity index (χ2v) is 11.2. The molecule has 0 saturated heterocycles. The minimum absolute atomic E-state index is 0.102. The van der Waals surface area contributed by atoms with Gasteiger partial charge in [-0.1, -0.05) is 12.1 Å². The molecule has 214 valence electrons. The molecular formula is C26H23F6N3O4S. The van der Waals surface area contributed by atoms with Gasteiger partial charge in [-0.25, -0.2) is 13.7 Å². The van der Waals surface area contributed by atoms with E-state index in [4.69, 9.17) is 9.52 Å². The molecule has 14 heteroatoms. The summed E-state index contributed by atoms with van der Waals surface area (Å²) in [6.45, 7) is 0. The highest BCUT2D eigenvalue weighted by Gasteiger charge is 2.42. The summed E-state index contributed by atoms with van der Waals surface area (Å²) in [6.07, 6.45) is -9.69. The minimum Gasteiger partial charge on any atom is -0.453 e. The largest absolute Gasteiger partial charge is 0.573 e. The fourth-order valence-electron chi connectivity index (χ4n) is 5.00. The lowest BCUT2D eigenvalue weighted by molar-refractivity contribution is -0.274. The summed E-state index contributed by atoms with van der Waals surface area (Å²) in [4.78, 5) is 1.45. The Labute approximate surface area is 225 Å². The molecule has 40 heavy (non-hydrogen) atoms. The molecule has 0 amide bonds. The van der Waals surface area contributed by atoms with Crippen molar-refractivity contribution in [2.45, 2.75) is 54.9 Å². The molecule has 3 N–H and O–H groups in total. The number of aliphatic hydroxyl groups excluding tert-OH is 1. The van der Waals surface area contributed by atoms with Crippen LogP contribution in [0, 0.1) is 4.78 Å². The van der Waals surface area contributed by atoms with Crippen LogP contribution in [0.3, 0.4) is 0 Å². The molecule has 2 aliphatic rings. The Morgan fingerprint density at radius 1 is 0.950 bits per heavy atom. The van der Waals surface area contributed by atoms with Crippen molar-refractivity contribution in [3.63, 3.8) is 0 Å². The first kappa shape index (κ1) is 28.1. The van der Waals surface area contributed by atoms with Crippen LogP contribution in [-0.2, 0) is 16.1 Å². The number of ether oxygens (including phenoxy) is 2. The van der Waals surface area contributed by atoms with Gasteiger partial charge in [-0.2, -0.15) is 13.2 Å². The first-order chi connectivity index (χ1) is 18.7. The number of anilines is 2. The number of para-hydroxylation sites is 2. The van der Waals surface area contributed by atoms with Crippen molar-refractivity contribution in [2.24, 2.45) is 0 Å². The Hall–Kier alpha value is -3.49. The molecule has 1 heterocycles. The maximum atomic E-state index is 13.6. The molecule has 1 aliphatic carbocycles. The van der Waals surface area contributed by atoms with E-state index >= 15 is 0 Å². The molecule has 0 radical (unpaired) electrons. The number of aliphatic hydroxyl groups is 1. The summed E-state index contributed by atoms with van der Waals surface area (Å²) in [6, 6.07) is 12.0. The van der Waals surface area contributed by atoms with E-state index in [2.05, 4.69) is 9.46 Å². The molecule has 1 aliphatic heterocycles. The van der Waals surface area contributed by atoms with Crippen LogP contribution in [-0.4, -0.2) is 33.9 Å². The Morgan fingerprint density at radius 3 is 2.30 bits per heavy atom. The number of nitrogens with zero attached hydrogens (tertiary/aromatic N) is 1. The number of halogens is 6. The molecule has 0 aromatic heterocycles. The molecule has 1 fully saturated rings. The Bertz CT molecular complexity index is 1500. The van der Waals surface area contributed by atoms with Crippen molar-refractivity contribution in [1.82, 2.24) is 4.72 Å². The lowest BCUT2D eigenvalue weighted by Crippen LogP contribution is -2.55. The van der Waals surface area contributed by atoms with Crippen LogP contribution in [0.5, 0.6) is 17.2 Å². The summed E-state index contributed by atoms with van der Waals surface area (Å²) in [5, 5.41) is 11.4. The van der Waals surface area contributed by atoms with Crippen molar-refractivity contribution >= 4 is 21.3 Å². The summed E-state index contributed by atoms with van der Waals surface area (Å²) >= 11 is 0. The van der Waals surface area contributed by atoms with Crippen molar-refractivity contribution in [2.75, 3.05) is 4.90 Å². The first-order valence-corrected chi connectivity index (χ1v) is 13.7. The third-order valence-corrected chi connectivity index (χ3v) is 8.32. The van der Waals surface area contributed by atoms with Gasteiger partial charge in [0.2, 0.25) is 0 Å². The second-order valence-electron chi connectivity index (χ2n) is 9.41. The smallest absolute Gasteiger partial charge is 0.453 e. The highest BCUT2D eigenvalue weighted by Crippen LogP contribution is 2.50. The van der Waals surface area contributed by atoms with Gasteiger partial charge in [-0.15, -0.1) is 13.2 Å². The first-order valence-electron chi connectivity index (χ1n) is 12.1. The van der Waals surface area contributed by atoms with Crippen molar-refractivity contribution in [3.8, 4) is 17.2 Å². The standard InChI is InChI=1S/C26H23F6N3O4S/c27-25(28,29)15-8-13-23-21(14-15)35(19-5-1-2-7-22(19)38-23)20-6-3-4-18(24(20)36)34-40(33,37)17-11-9-16(10-12-17)39-26(30,31)32/h1-2,5,7-14,18,20,24,36H,3-4,6H2,(H2,33,34,37). The monoisotopic (exact) mass is 587 g/mol. The molecule has 5 rings (SSSR count). The van der Waals surface area contributed by atoms with Gasteiger partial charge in [0.1, 0.15) is 15.7 Å². The maximum Gasteiger partial charge on any atom is 0.573 e. The zero-order chi connectivity index (χ0) is 28.9. The van der Waals surface area contributed by atoms with Gasteiger partial charge in [0.25, 0.3) is 0 Å². The lowest BCUT2D eigenvalue weighted by atomic mass is 9.86. The fourth-order valence-corrected chi connectivity index (χ4v) is 6.34. The minimum atomic E-state index is -4.92. The molecule has 3 aromatic carbocycles. The summed E-state index contributed by atoms with van der Waals surface area (Å²) in [7, 11) is -3.79. The number of rotatable bonds is 5. The molecular weight excluding hydrogens is 564 g/mol. The zero-order valence-electron chi connectivity index (χ0n) is 20.5. The van der Waals surface area contributed by atoms with Crippen LogP contribution in [0.15, 0.2) is 71.6 Å². The van der Waals surface area contributed by atoms with Crippen LogP contribution >= 0.6 is 0 Å². The predicted octanol–water partition coefficient (Wildman–Crippen LogP) is 6.74. The highest BCUT2D eigenvalue weighted by molar-refractivity contribution is 7.90. The molecule has 0 spiro atoms. The van der Waals surface area contributed by atoms with E-state index in [9.17, 15) is 35.7 Å². The predicted molar refractivity (Wildman–Crippen MR) is 133 cm³/mol. The zero-order valence-corrected chi connectivity index (χ0v) is 21.3.